The van der Waals surface area contributed by atoms with Gasteiger partial charge in [-0.2, -0.15) is 5.26 Å². The molecule has 1 saturated carbocycles. The number of ether oxygens (including phenoxy) is 2. The van der Waals surface area contributed by atoms with Crippen molar-refractivity contribution in [2.24, 2.45) is 0 Å². The van der Waals surface area contributed by atoms with Gasteiger partial charge in [0.15, 0.2) is 0 Å². The maximum Gasteiger partial charge on any atom is 0.119 e. The minimum atomic E-state index is -0.440. The van der Waals surface area contributed by atoms with E-state index in [0.717, 1.165) is 30.8 Å². The first-order valence-electron chi connectivity index (χ1n) is 7.65. The number of hydrogen-bond donors (Lipinski definition) is 1. The molecule has 0 aliphatic heterocycles. The van der Waals surface area contributed by atoms with Crippen LogP contribution in [0.5, 0.6) is 11.5 Å². The van der Waals surface area contributed by atoms with Crippen LogP contribution in [-0.4, -0.2) is 24.3 Å². The van der Waals surface area contributed by atoms with E-state index in [4.69, 9.17) is 9.47 Å². The molecule has 0 spiro atoms. The molecule has 1 aliphatic rings. The van der Waals surface area contributed by atoms with E-state index in [2.05, 4.69) is 25.2 Å². The van der Waals surface area contributed by atoms with E-state index in [1.165, 1.54) is 0 Å². The molecule has 0 aromatic heterocycles. The maximum absolute atomic E-state index is 9.46. The van der Waals surface area contributed by atoms with Gasteiger partial charge in [-0.3, -0.25) is 5.32 Å². The summed E-state index contributed by atoms with van der Waals surface area (Å²) in [7, 11) is 0. The van der Waals surface area contributed by atoms with Gasteiger partial charge < -0.3 is 9.47 Å². The fourth-order valence-corrected chi connectivity index (χ4v) is 2.89. The van der Waals surface area contributed by atoms with Crippen molar-refractivity contribution in [1.82, 2.24) is 5.32 Å². The topological polar surface area (TPSA) is 54.3 Å². The molecule has 1 fully saturated rings. The van der Waals surface area contributed by atoms with Gasteiger partial charge in [0.25, 0.3) is 0 Å². The van der Waals surface area contributed by atoms with Gasteiger partial charge in [-0.1, -0.05) is 0 Å². The van der Waals surface area contributed by atoms with Crippen LogP contribution in [-0.2, 0) is 0 Å². The zero-order valence-electron chi connectivity index (χ0n) is 13.1. The van der Waals surface area contributed by atoms with E-state index < -0.39 is 5.54 Å². The molecule has 0 heterocycles. The normalized spacial score (nSPS) is 24.8. The van der Waals surface area contributed by atoms with E-state index in [1.807, 2.05) is 31.2 Å². The van der Waals surface area contributed by atoms with Crippen LogP contribution >= 0.6 is 0 Å². The molecule has 4 nitrogen and oxygen atoms in total. The monoisotopic (exact) mass is 288 g/mol. The number of rotatable bonds is 6. The van der Waals surface area contributed by atoms with Crippen LogP contribution in [0.15, 0.2) is 24.3 Å². The highest BCUT2D eigenvalue weighted by atomic mass is 16.5. The number of nitrogens with zero attached hydrogens (tertiary/aromatic N) is 1. The minimum Gasteiger partial charge on any atom is -0.494 e. The Morgan fingerprint density at radius 1 is 1.33 bits per heavy atom. The average molecular weight is 288 g/mol. The fourth-order valence-electron chi connectivity index (χ4n) is 2.89. The lowest BCUT2D eigenvalue weighted by atomic mass is 9.98. The third-order valence-electron chi connectivity index (χ3n) is 3.69. The average Bonchev–Trinajstić information content (AvgIpc) is 2.84. The van der Waals surface area contributed by atoms with Crippen molar-refractivity contribution in [3.63, 3.8) is 0 Å². The van der Waals surface area contributed by atoms with E-state index in [1.54, 1.807) is 0 Å². The smallest absolute Gasteiger partial charge is 0.119 e. The zero-order chi connectivity index (χ0) is 15.3. The highest BCUT2D eigenvalue weighted by Crippen LogP contribution is 2.33. The second-order valence-electron chi connectivity index (χ2n) is 5.88. The molecule has 4 heteroatoms. The summed E-state index contributed by atoms with van der Waals surface area (Å²) in [5, 5.41) is 12.8. The van der Waals surface area contributed by atoms with Gasteiger partial charge in [0.05, 0.1) is 12.7 Å². The Morgan fingerprint density at radius 3 is 2.57 bits per heavy atom. The Morgan fingerprint density at radius 2 is 2.00 bits per heavy atom. The van der Waals surface area contributed by atoms with E-state index >= 15 is 0 Å². The van der Waals surface area contributed by atoms with Crippen molar-refractivity contribution >= 4 is 0 Å². The molecular weight excluding hydrogens is 264 g/mol. The molecule has 2 unspecified atom stereocenters. The summed E-state index contributed by atoms with van der Waals surface area (Å²) < 4.78 is 11.4. The molecular formula is C17H24N2O2. The van der Waals surface area contributed by atoms with Crippen LogP contribution in [0.2, 0.25) is 0 Å². The lowest BCUT2D eigenvalue weighted by Crippen LogP contribution is -2.46. The first-order valence-corrected chi connectivity index (χ1v) is 7.65. The summed E-state index contributed by atoms with van der Waals surface area (Å²) in [5.74, 6) is 1.69. The second-order valence-corrected chi connectivity index (χ2v) is 5.88. The molecule has 0 bridgehead atoms. The van der Waals surface area contributed by atoms with Gasteiger partial charge in [-0.05, 0) is 57.9 Å². The molecule has 1 aromatic carbocycles. The van der Waals surface area contributed by atoms with Crippen LogP contribution < -0.4 is 14.8 Å². The van der Waals surface area contributed by atoms with E-state index in [-0.39, 0.29) is 6.10 Å². The lowest BCUT2D eigenvalue weighted by Gasteiger charge is -2.25. The van der Waals surface area contributed by atoms with Crippen LogP contribution in [0.25, 0.3) is 0 Å². The Hall–Kier alpha value is -1.73. The molecule has 114 valence electrons. The van der Waals surface area contributed by atoms with Crippen molar-refractivity contribution in [3.8, 4) is 17.6 Å². The SMILES string of the molecule is CCOc1ccc(OC2CCC(C#N)(NC(C)C)C2)cc1. The first-order chi connectivity index (χ1) is 10.1. The van der Waals surface area contributed by atoms with E-state index in [9.17, 15) is 5.26 Å². The summed E-state index contributed by atoms with van der Waals surface area (Å²) in [5.41, 5.74) is -0.440. The summed E-state index contributed by atoms with van der Waals surface area (Å²) in [4.78, 5) is 0. The molecule has 21 heavy (non-hydrogen) atoms. The highest BCUT2D eigenvalue weighted by molar-refractivity contribution is 5.31. The second kappa shape index (κ2) is 6.82. The number of nitriles is 1. The Kier molecular flexibility index (Phi) is 5.08. The molecule has 1 N–H and O–H groups in total. The lowest BCUT2D eigenvalue weighted by molar-refractivity contribution is 0.199. The number of hydrogen-bond acceptors (Lipinski definition) is 4. The zero-order valence-corrected chi connectivity index (χ0v) is 13.1. The van der Waals surface area contributed by atoms with Gasteiger partial charge >= 0.3 is 0 Å². The van der Waals surface area contributed by atoms with Gasteiger partial charge in [0.2, 0.25) is 0 Å². The summed E-state index contributed by atoms with van der Waals surface area (Å²) in [6.07, 6.45) is 2.56. The molecule has 1 aliphatic carbocycles. The number of nitrogens with one attached hydrogen (secondary N) is 1. The molecule has 0 amide bonds. The predicted octanol–water partition coefficient (Wildman–Crippen LogP) is 3.28. The van der Waals surface area contributed by atoms with Gasteiger partial charge in [-0.25, -0.2) is 0 Å². The third-order valence-corrected chi connectivity index (χ3v) is 3.69. The Balaban J connectivity index is 1.94. The van der Waals surface area contributed by atoms with Gasteiger partial charge in [-0.15, -0.1) is 0 Å². The van der Waals surface area contributed by atoms with Crippen LogP contribution in [0.4, 0.5) is 0 Å². The first kappa shape index (κ1) is 15.7. The van der Waals surface area contributed by atoms with E-state index in [0.29, 0.717) is 12.6 Å². The summed E-state index contributed by atoms with van der Waals surface area (Å²) in [6, 6.07) is 10.4. The highest BCUT2D eigenvalue weighted by Gasteiger charge is 2.40. The molecule has 2 atom stereocenters. The minimum absolute atomic E-state index is 0.0915. The van der Waals surface area contributed by atoms with Crippen molar-refractivity contribution in [2.75, 3.05) is 6.61 Å². The van der Waals surface area contributed by atoms with Crippen LogP contribution in [0.3, 0.4) is 0 Å². The summed E-state index contributed by atoms with van der Waals surface area (Å²) >= 11 is 0. The number of benzene rings is 1. The standard InChI is InChI=1S/C17H24N2O2/c1-4-20-14-5-7-15(8-6-14)21-16-9-10-17(11-16,12-18)19-13(2)3/h5-8,13,16,19H,4,9-11H2,1-3H3. The van der Waals surface area contributed by atoms with Gasteiger partial charge in [0.1, 0.15) is 23.1 Å². The Bertz CT molecular complexity index is 493. The summed E-state index contributed by atoms with van der Waals surface area (Å²) in [6.45, 7) is 6.76. The molecule has 2 rings (SSSR count). The van der Waals surface area contributed by atoms with Crippen LogP contribution in [0, 0.1) is 11.3 Å². The quantitative estimate of drug-likeness (QED) is 0.873. The maximum atomic E-state index is 9.46. The molecule has 0 radical (unpaired) electrons. The van der Waals surface area contributed by atoms with Crippen molar-refractivity contribution in [1.29, 1.82) is 5.26 Å². The van der Waals surface area contributed by atoms with Crippen molar-refractivity contribution in [2.45, 2.75) is 57.7 Å². The van der Waals surface area contributed by atoms with Gasteiger partial charge in [0, 0.05) is 12.5 Å². The molecule has 1 aromatic rings. The molecule has 0 saturated heterocycles. The largest absolute Gasteiger partial charge is 0.494 e. The van der Waals surface area contributed by atoms with Crippen molar-refractivity contribution < 1.29 is 9.47 Å². The predicted molar refractivity (Wildman–Crippen MR) is 82.5 cm³/mol. The Labute approximate surface area is 127 Å². The fraction of sp³-hybridized carbons (Fsp3) is 0.588. The third kappa shape index (κ3) is 4.12. The van der Waals surface area contributed by atoms with Crippen molar-refractivity contribution in [3.05, 3.63) is 24.3 Å². The van der Waals surface area contributed by atoms with Crippen LogP contribution in [0.1, 0.15) is 40.0 Å².